The van der Waals surface area contributed by atoms with Crippen LogP contribution in [0.4, 0.5) is 0 Å². The Labute approximate surface area is 80.4 Å². The molecule has 0 aromatic carbocycles. The van der Waals surface area contributed by atoms with E-state index in [0.717, 1.165) is 12.8 Å². The van der Waals surface area contributed by atoms with Crippen molar-refractivity contribution in [3.05, 3.63) is 5.21 Å². The van der Waals surface area contributed by atoms with Gasteiger partial charge in [0.05, 0.1) is 6.61 Å². The van der Waals surface area contributed by atoms with E-state index in [0.29, 0.717) is 12.5 Å². The summed E-state index contributed by atoms with van der Waals surface area (Å²) < 4.78 is 5.10. The van der Waals surface area contributed by atoms with Crippen LogP contribution in [0.25, 0.3) is 0 Å². The quantitative estimate of drug-likeness (QED) is 0.683. The lowest BCUT2D eigenvalue weighted by Crippen LogP contribution is -2.50. The summed E-state index contributed by atoms with van der Waals surface area (Å²) in [6.07, 6.45) is 5.61. The summed E-state index contributed by atoms with van der Waals surface area (Å²) in [6.45, 7) is 2.77. The standard InChI is InChI=1S/C10H20NO2/c1-9(8-13-2)10(11-12)6-4-3-5-7-10/h9,11H,3-8H2,1-2H3/q-1/t9-/m0/s1. The largest absolute Gasteiger partial charge is 0.787 e. The van der Waals surface area contributed by atoms with Crippen molar-refractivity contribution < 1.29 is 4.74 Å². The van der Waals surface area contributed by atoms with Crippen LogP contribution < -0.4 is 5.48 Å². The van der Waals surface area contributed by atoms with Crippen LogP contribution in [0.5, 0.6) is 0 Å². The molecular formula is C10H20NO2-. The molecule has 1 N–H and O–H groups in total. The van der Waals surface area contributed by atoms with Crippen LogP contribution in [-0.4, -0.2) is 19.3 Å². The van der Waals surface area contributed by atoms with Crippen LogP contribution in [0, 0.1) is 11.1 Å². The summed E-state index contributed by atoms with van der Waals surface area (Å²) in [6, 6.07) is 0. The minimum atomic E-state index is -0.200. The van der Waals surface area contributed by atoms with Gasteiger partial charge in [0, 0.05) is 12.6 Å². The Kier molecular flexibility index (Phi) is 4.16. The number of hydroxylamine groups is 1. The molecule has 0 unspecified atom stereocenters. The van der Waals surface area contributed by atoms with Crippen molar-refractivity contribution in [2.75, 3.05) is 13.7 Å². The number of hydrogen-bond acceptors (Lipinski definition) is 3. The van der Waals surface area contributed by atoms with Gasteiger partial charge in [0.2, 0.25) is 0 Å². The second-order valence-electron chi connectivity index (χ2n) is 4.18. The van der Waals surface area contributed by atoms with E-state index in [4.69, 9.17) is 4.74 Å². The van der Waals surface area contributed by atoms with E-state index in [9.17, 15) is 5.21 Å². The average molecular weight is 186 g/mol. The van der Waals surface area contributed by atoms with Crippen molar-refractivity contribution in [1.29, 1.82) is 0 Å². The van der Waals surface area contributed by atoms with Gasteiger partial charge in [-0.2, -0.15) is 0 Å². The minimum absolute atomic E-state index is 0.200. The van der Waals surface area contributed by atoms with Crippen LogP contribution in [0.15, 0.2) is 0 Å². The highest BCUT2D eigenvalue weighted by Gasteiger charge is 2.33. The predicted molar refractivity (Wildman–Crippen MR) is 53.4 cm³/mol. The summed E-state index contributed by atoms with van der Waals surface area (Å²) >= 11 is 0. The third-order valence-corrected chi connectivity index (χ3v) is 3.31. The number of methoxy groups -OCH3 is 1. The minimum Gasteiger partial charge on any atom is -0.787 e. The first-order valence-electron chi connectivity index (χ1n) is 5.13. The van der Waals surface area contributed by atoms with E-state index in [1.54, 1.807) is 7.11 Å². The van der Waals surface area contributed by atoms with Gasteiger partial charge in [-0.3, -0.25) is 0 Å². The molecule has 0 spiro atoms. The summed E-state index contributed by atoms with van der Waals surface area (Å²) in [7, 11) is 1.69. The molecule has 0 radical (unpaired) electrons. The first kappa shape index (κ1) is 11.0. The summed E-state index contributed by atoms with van der Waals surface area (Å²) in [5.74, 6) is 0.315. The molecule has 78 valence electrons. The SMILES string of the molecule is COC[C@H](C)C1(N[O-])CCCCC1. The number of ether oxygens (including phenoxy) is 1. The Morgan fingerprint density at radius 1 is 1.38 bits per heavy atom. The molecular weight excluding hydrogens is 166 g/mol. The zero-order valence-electron chi connectivity index (χ0n) is 8.64. The van der Waals surface area contributed by atoms with Gasteiger partial charge < -0.3 is 15.4 Å². The number of hydrogen-bond donors (Lipinski definition) is 1. The zero-order chi connectivity index (χ0) is 9.73. The van der Waals surface area contributed by atoms with Crippen LogP contribution in [0.1, 0.15) is 39.0 Å². The van der Waals surface area contributed by atoms with Gasteiger partial charge in [0.1, 0.15) is 0 Å². The first-order chi connectivity index (χ1) is 6.25. The molecule has 0 heterocycles. The van der Waals surface area contributed by atoms with Crippen LogP contribution in [0.2, 0.25) is 0 Å². The van der Waals surface area contributed by atoms with Crippen LogP contribution >= 0.6 is 0 Å². The molecule has 1 fully saturated rings. The molecule has 1 saturated carbocycles. The fraction of sp³-hybridized carbons (Fsp3) is 1.00. The molecule has 0 amide bonds. The Morgan fingerprint density at radius 2 is 2.00 bits per heavy atom. The Bertz CT molecular complexity index is 144. The lowest BCUT2D eigenvalue weighted by molar-refractivity contribution is 0.0811. The van der Waals surface area contributed by atoms with E-state index in [2.05, 4.69) is 12.4 Å². The highest BCUT2D eigenvalue weighted by Crippen LogP contribution is 2.34. The van der Waals surface area contributed by atoms with Gasteiger partial charge in [0.15, 0.2) is 0 Å². The number of rotatable bonds is 4. The molecule has 13 heavy (non-hydrogen) atoms. The summed E-state index contributed by atoms with van der Waals surface area (Å²) in [5.41, 5.74) is 2.07. The molecule has 0 aromatic rings. The molecule has 3 heteroatoms. The second kappa shape index (κ2) is 4.94. The van der Waals surface area contributed by atoms with Crippen LogP contribution in [0.3, 0.4) is 0 Å². The summed E-state index contributed by atoms with van der Waals surface area (Å²) in [5, 5.41) is 11.0. The van der Waals surface area contributed by atoms with Crippen molar-refractivity contribution in [3.8, 4) is 0 Å². The first-order valence-corrected chi connectivity index (χ1v) is 5.13. The van der Waals surface area contributed by atoms with E-state index in [-0.39, 0.29) is 5.54 Å². The zero-order valence-corrected chi connectivity index (χ0v) is 8.64. The van der Waals surface area contributed by atoms with E-state index in [1.165, 1.54) is 19.3 Å². The van der Waals surface area contributed by atoms with Gasteiger partial charge in [0.25, 0.3) is 0 Å². The second-order valence-corrected chi connectivity index (χ2v) is 4.18. The maximum absolute atomic E-state index is 11.0. The molecule has 1 rings (SSSR count). The van der Waals surface area contributed by atoms with Gasteiger partial charge in [-0.05, 0) is 18.8 Å². The topological polar surface area (TPSA) is 44.3 Å². The fourth-order valence-corrected chi connectivity index (χ4v) is 2.29. The molecule has 0 aliphatic heterocycles. The molecule has 0 bridgehead atoms. The normalized spacial score (nSPS) is 24.2. The lowest BCUT2D eigenvalue weighted by Gasteiger charge is -2.45. The third-order valence-electron chi connectivity index (χ3n) is 3.31. The number of nitrogens with one attached hydrogen (secondary N) is 1. The van der Waals surface area contributed by atoms with E-state index >= 15 is 0 Å². The fourth-order valence-electron chi connectivity index (χ4n) is 2.29. The van der Waals surface area contributed by atoms with E-state index in [1.807, 2.05) is 0 Å². The molecule has 1 atom stereocenters. The average Bonchev–Trinajstić information content (AvgIpc) is 2.19. The molecule has 0 aromatic heterocycles. The van der Waals surface area contributed by atoms with Crippen molar-refractivity contribution in [2.45, 2.75) is 44.6 Å². The molecule has 3 nitrogen and oxygen atoms in total. The molecule has 1 aliphatic carbocycles. The van der Waals surface area contributed by atoms with Crippen molar-refractivity contribution in [1.82, 2.24) is 5.48 Å². The maximum Gasteiger partial charge on any atom is 0.0505 e. The third kappa shape index (κ3) is 2.42. The Morgan fingerprint density at radius 3 is 2.46 bits per heavy atom. The maximum atomic E-state index is 11.0. The monoisotopic (exact) mass is 186 g/mol. The van der Waals surface area contributed by atoms with Crippen molar-refractivity contribution in [2.24, 2.45) is 5.92 Å². The van der Waals surface area contributed by atoms with Gasteiger partial charge >= 0.3 is 0 Å². The highest BCUT2D eigenvalue weighted by atomic mass is 16.5. The Balaban J connectivity index is 2.55. The molecule has 1 aliphatic rings. The van der Waals surface area contributed by atoms with E-state index < -0.39 is 0 Å². The summed E-state index contributed by atoms with van der Waals surface area (Å²) in [4.78, 5) is 0. The van der Waals surface area contributed by atoms with Gasteiger partial charge in [-0.15, -0.1) is 0 Å². The Hall–Kier alpha value is -0.120. The van der Waals surface area contributed by atoms with Gasteiger partial charge in [-0.25, -0.2) is 0 Å². The van der Waals surface area contributed by atoms with Crippen LogP contribution in [-0.2, 0) is 4.74 Å². The van der Waals surface area contributed by atoms with Crippen molar-refractivity contribution in [3.63, 3.8) is 0 Å². The highest BCUT2D eigenvalue weighted by molar-refractivity contribution is 4.95. The predicted octanol–water partition coefficient (Wildman–Crippen LogP) is 2.06. The lowest BCUT2D eigenvalue weighted by atomic mass is 9.74. The smallest absolute Gasteiger partial charge is 0.0505 e. The molecule has 0 saturated heterocycles. The van der Waals surface area contributed by atoms with Gasteiger partial charge in [-0.1, -0.05) is 26.2 Å². The van der Waals surface area contributed by atoms with Crippen molar-refractivity contribution >= 4 is 0 Å².